The Labute approximate surface area is 120 Å². The number of alkyl halides is 6. The molecule has 0 aromatic heterocycles. The van der Waals surface area contributed by atoms with Crippen LogP contribution in [-0.4, -0.2) is 23.8 Å². The van der Waals surface area contributed by atoms with Crippen LogP contribution in [0.2, 0.25) is 0 Å². The van der Waals surface area contributed by atoms with Crippen LogP contribution in [0.15, 0.2) is 23.1 Å². The number of benzene rings is 1. The molecule has 0 radical (unpaired) electrons. The molecule has 0 spiro atoms. The van der Waals surface area contributed by atoms with Gasteiger partial charge in [0.15, 0.2) is 5.78 Å². The monoisotopic (exact) mass is 334 g/mol. The van der Waals surface area contributed by atoms with Crippen LogP contribution in [0.3, 0.4) is 0 Å². The largest absolute Gasteiger partial charge is 0.446 e. The SMILES string of the molecule is O=C(CCl)Cc1c(OC(F)F)cccc1SC(F)(F)F. The van der Waals surface area contributed by atoms with Crippen molar-refractivity contribution in [3.63, 3.8) is 0 Å². The summed E-state index contributed by atoms with van der Waals surface area (Å²) in [7, 11) is 0. The lowest BCUT2D eigenvalue weighted by Crippen LogP contribution is -2.11. The first kappa shape index (κ1) is 17.0. The molecule has 1 aromatic carbocycles. The van der Waals surface area contributed by atoms with Gasteiger partial charge in [0.1, 0.15) is 5.75 Å². The topological polar surface area (TPSA) is 26.3 Å². The van der Waals surface area contributed by atoms with Gasteiger partial charge in [-0.2, -0.15) is 22.0 Å². The number of carbonyl (C=O) groups is 1. The van der Waals surface area contributed by atoms with Crippen LogP contribution in [0.1, 0.15) is 5.56 Å². The summed E-state index contributed by atoms with van der Waals surface area (Å²) >= 11 is 4.78. The Kier molecular flexibility index (Phi) is 6.07. The van der Waals surface area contributed by atoms with E-state index in [1.807, 2.05) is 0 Å². The van der Waals surface area contributed by atoms with E-state index in [4.69, 9.17) is 11.6 Å². The molecule has 0 amide bonds. The molecular formula is C11H8ClF5O2S. The fourth-order valence-electron chi connectivity index (χ4n) is 1.39. The number of Topliss-reactive ketones (excluding diaryl/α,β-unsaturated/α-hetero) is 1. The van der Waals surface area contributed by atoms with Gasteiger partial charge in [0, 0.05) is 16.9 Å². The molecular weight excluding hydrogens is 327 g/mol. The van der Waals surface area contributed by atoms with Gasteiger partial charge >= 0.3 is 12.1 Å². The Morgan fingerprint density at radius 1 is 1.35 bits per heavy atom. The summed E-state index contributed by atoms with van der Waals surface area (Å²) in [6.45, 7) is -3.20. The molecule has 1 aromatic rings. The standard InChI is InChI=1S/C11H8ClF5O2S/c12-5-6(18)4-7-8(19-10(13)14)2-1-3-9(7)20-11(15,16)17/h1-3,10H,4-5H2. The summed E-state index contributed by atoms with van der Waals surface area (Å²) in [6.07, 6.45) is -0.509. The van der Waals surface area contributed by atoms with Gasteiger partial charge in [0.05, 0.1) is 5.88 Å². The lowest BCUT2D eigenvalue weighted by Gasteiger charge is -2.15. The molecule has 0 saturated heterocycles. The summed E-state index contributed by atoms with van der Waals surface area (Å²) in [5.74, 6) is -1.49. The molecule has 0 N–H and O–H groups in total. The van der Waals surface area contributed by atoms with Crippen LogP contribution < -0.4 is 4.74 Å². The number of hydrogen-bond donors (Lipinski definition) is 0. The van der Waals surface area contributed by atoms with Crippen molar-refractivity contribution in [3.8, 4) is 5.75 Å². The van der Waals surface area contributed by atoms with Crippen LogP contribution in [0.5, 0.6) is 5.75 Å². The van der Waals surface area contributed by atoms with E-state index in [1.165, 1.54) is 0 Å². The van der Waals surface area contributed by atoms with Crippen molar-refractivity contribution in [1.29, 1.82) is 0 Å². The maximum Gasteiger partial charge on any atom is 0.446 e. The molecule has 0 saturated carbocycles. The number of ether oxygens (including phenoxy) is 1. The first-order valence-corrected chi connectivity index (χ1v) is 6.48. The van der Waals surface area contributed by atoms with Crippen LogP contribution >= 0.6 is 23.4 Å². The summed E-state index contributed by atoms with van der Waals surface area (Å²) in [4.78, 5) is 10.9. The van der Waals surface area contributed by atoms with Crippen molar-refractivity contribution < 1.29 is 31.5 Å². The third-order valence-corrected chi connectivity index (χ3v) is 3.19. The molecule has 2 nitrogen and oxygen atoms in total. The minimum Gasteiger partial charge on any atom is -0.434 e. The minimum atomic E-state index is -4.61. The number of thioether (sulfide) groups is 1. The summed E-state index contributed by atoms with van der Waals surface area (Å²) < 4.78 is 65.8. The van der Waals surface area contributed by atoms with Crippen molar-refractivity contribution in [2.24, 2.45) is 0 Å². The van der Waals surface area contributed by atoms with Crippen LogP contribution in [0, 0.1) is 0 Å². The van der Waals surface area contributed by atoms with Crippen molar-refractivity contribution >= 4 is 29.1 Å². The van der Waals surface area contributed by atoms with Crippen LogP contribution in [0.25, 0.3) is 0 Å². The van der Waals surface area contributed by atoms with E-state index in [0.29, 0.717) is 0 Å². The van der Waals surface area contributed by atoms with E-state index in [1.54, 1.807) is 0 Å². The molecule has 0 bridgehead atoms. The lowest BCUT2D eigenvalue weighted by molar-refractivity contribution is -0.116. The Morgan fingerprint density at radius 3 is 2.50 bits per heavy atom. The molecule has 9 heteroatoms. The van der Waals surface area contributed by atoms with E-state index < -0.39 is 47.7 Å². The van der Waals surface area contributed by atoms with E-state index in [-0.39, 0.29) is 10.5 Å². The molecule has 20 heavy (non-hydrogen) atoms. The fourth-order valence-corrected chi connectivity index (χ4v) is 2.18. The summed E-state index contributed by atoms with van der Waals surface area (Å²) in [5, 5.41) is 0. The average molecular weight is 335 g/mol. The zero-order valence-electron chi connectivity index (χ0n) is 9.72. The highest BCUT2D eigenvalue weighted by Gasteiger charge is 2.31. The van der Waals surface area contributed by atoms with Gasteiger partial charge in [-0.1, -0.05) is 6.07 Å². The maximum absolute atomic E-state index is 12.4. The van der Waals surface area contributed by atoms with Crippen molar-refractivity contribution in [3.05, 3.63) is 23.8 Å². The lowest BCUT2D eigenvalue weighted by atomic mass is 10.1. The fraction of sp³-hybridized carbons (Fsp3) is 0.364. The molecule has 0 aliphatic rings. The first-order valence-electron chi connectivity index (χ1n) is 5.13. The highest BCUT2D eigenvalue weighted by Crippen LogP contribution is 2.41. The Morgan fingerprint density at radius 2 is 2.00 bits per heavy atom. The molecule has 112 valence electrons. The van der Waals surface area contributed by atoms with Crippen LogP contribution in [-0.2, 0) is 11.2 Å². The molecule has 0 atom stereocenters. The average Bonchev–Trinajstić information content (AvgIpc) is 2.30. The third kappa shape index (κ3) is 5.54. The van der Waals surface area contributed by atoms with Crippen LogP contribution in [0.4, 0.5) is 22.0 Å². The number of hydrogen-bond acceptors (Lipinski definition) is 3. The van der Waals surface area contributed by atoms with Crippen molar-refractivity contribution in [2.45, 2.75) is 23.4 Å². The molecule has 0 heterocycles. The second-order valence-electron chi connectivity index (χ2n) is 3.51. The quantitative estimate of drug-likeness (QED) is 0.442. The van der Waals surface area contributed by atoms with E-state index in [2.05, 4.69) is 4.74 Å². The molecule has 0 fully saturated rings. The molecule has 0 aliphatic carbocycles. The van der Waals surface area contributed by atoms with E-state index >= 15 is 0 Å². The highest BCUT2D eigenvalue weighted by atomic mass is 35.5. The first-order chi connectivity index (χ1) is 9.23. The van der Waals surface area contributed by atoms with Gasteiger partial charge in [-0.25, -0.2) is 0 Å². The van der Waals surface area contributed by atoms with Gasteiger partial charge in [-0.15, -0.1) is 11.6 Å². The molecule has 1 rings (SSSR count). The van der Waals surface area contributed by atoms with E-state index in [0.717, 1.165) is 18.2 Å². The number of rotatable bonds is 6. The van der Waals surface area contributed by atoms with Gasteiger partial charge in [-0.3, -0.25) is 4.79 Å². The van der Waals surface area contributed by atoms with Crippen molar-refractivity contribution in [2.75, 3.05) is 5.88 Å². The number of ketones is 1. The smallest absolute Gasteiger partial charge is 0.434 e. The predicted molar refractivity (Wildman–Crippen MR) is 64.4 cm³/mol. The third-order valence-electron chi connectivity index (χ3n) is 2.05. The zero-order chi connectivity index (χ0) is 15.3. The highest BCUT2D eigenvalue weighted by molar-refractivity contribution is 8.00. The van der Waals surface area contributed by atoms with Gasteiger partial charge in [-0.05, 0) is 23.9 Å². The van der Waals surface area contributed by atoms with E-state index in [9.17, 15) is 26.7 Å². The minimum absolute atomic E-state index is 0.249. The molecule has 0 aliphatic heterocycles. The van der Waals surface area contributed by atoms with Gasteiger partial charge < -0.3 is 4.74 Å². The zero-order valence-corrected chi connectivity index (χ0v) is 11.3. The second kappa shape index (κ2) is 7.12. The Bertz CT molecular complexity index is 478. The molecule has 0 unspecified atom stereocenters. The predicted octanol–water partition coefficient (Wildman–Crippen LogP) is 4.25. The Balaban J connectivity index is 3.17. The second-order valence-corrected chi connectivity index (χ2v) is 4.88. The van der Waals surface area contributed by atoms with Crippen molar-refractivity contribution in [1.82, 2.24) is 0 Å². The maximum atomic E-state index is 12.4. The number of halogens is 6. The number of carbonyl (C=O) groups excluding carboxylic acids is 1. The van der Waals surface area contributed by atoms with Gasteiger partial charge in [0.25, 0.3) is 0 Å². The van der Waals surface area contributed by atoms with Gasteiger partial charge in [0.2, 0.25) is 0 Å². The summed E-state index contributed by atoms with van der Waals surface area (Å²) in [6, 6.07) is 3.29. The Hall–Kier alpha value is -1.02. The normalized spacial score (nSPS) is 11.8. The summed E-state index contributed by atoms with van der Waals surface area (Å²) in [5.41, 5.74) is -4.86.